The van der Waals surface area contributed by atoms with Crippen LogP contribution in [0.2, 0.25) is 0 Å². The highest BCUT2D eigenvalue weighted by atomic mass is 32.1. The Bertz CT molecular complexity index is 1420. The van der Waals surface area contributed by atoms with Gasteiger partial charge in [-0.3, -0.25) is 4.79 Å². The van der Waals surface area contributed by atoms with Crippen LogP contribution in [0.5, 0.6) is 5.75 Å². The van der Waals surface area contributed by atoms with Crippen LogP contribution in [-0.4, -0.2) is 51.4 Å². The van der Waals surface area contributed by atoms with Crippen LogP contribution in [0.4, 0.5) is 5.69 Å². The number of benzene rings is 3. The third-order valence-corrected chi connectivity index (χ3v) is 6.41. The maximum Gasteiger partial charge on any atom is 0.251 e. The molecule has 1 heterocycles. The number of hydrogen-bond donors (Lipinski definition) is 3. The van der Waals surface area contributed by atoms with Crippen molar-refractivity contribution in [2.24, 2.45) is 0 Å². The average Bonchev–Trinajstić information content (AvgIpc) is 3.34. The van der Waals surface area contributed by atoms with Crippen LogP contribution < -0.4 is 10.2 Å². The fraction of sp³-hybridized carbons (Fsp3) is 0.214. The third kappa shape index (κ3) is 6.92. The van der Waals surface area contributed by atoms with E-state index in [9.17, 15) is 9.90 Å². The van der Waals surface area contributed by atoms with Crippen LogP contribution in [-0.2, 0) is 6.42 Å². The number of aromatic hydroxyl groups is 1. The van der Waals surface area contributed by atoms with E-state index in [2.05, 4.69) is 63.0 Å². The number of aryl methyl sites for hydroxylation is 2. The summed E-state index contributed by atoms with van der Waals surface area (Å²) in [5, 5.41) is 22.5. The zero-order chi connectivity index (χ0) is 26.2. The lowest BCUT2D eigenvalue weighted by Gasteiger charge is -2.21. The Morgan fingerprint density at radius 1 is 1.14 bits per heavy atom. The molecule has 1 amide bonds. The minimum Gasteiger partial charge on any atom is -0.508 e. The van der Waals surface area contributed by atoms with Crippen molar-refractivity contribution in [1.82, 2.24) is 25.5 Å². The van der Waals surface area contributed by atoms with Gasteiger partial charge in [-0.25, -0.2) is 4.68 Å². The number of likely N-dealkylation sites (N-methyl/N-ethyl adjacent to an activating group) is 1. The molecule has 0 saturated carbocycles. The SMILES string of the molecule is Cc1ccc(N(C)CCNC(=O)c2ccc(-n3[nH]nnc3=S)cc2)cc1CCC=Cc1ccc(O)cc1. The minimum atomic E-state index is -0.128. The molecule has 9 heteroatoms. The molecule has 0 aliphatic carbocycles. The number of phenols is 1. The summed E-state index contributed by atoms with van der Waals surface area (Å²) in [5.41, 5.74) is 6.09. The van der Waals surface area contributed by atoms with Crippen LogP contribution in [0, 0.1) is 11.7 Å². The van der Waals surface area contributed by atoms with E-state index in [4.69, 9.17) is 12.2 Å². The van der Waals surface area contributed by atoms with Gasteiger partial charge in [-0.15, -0.1) is 0 Å². The first-order valence-corrected chi connectivity index (χ1v) is 12.5. The van der Waals surface area contributed by atoms with E-state index in [1.54, 1.807) is 41.1 Å². The summed E-state index contributed by atoms with van der Waals surface area (Å²) in [4.78, 5) is 14.7. The van der Waals surface area contributed by atoms with Crippen molar-refractivity contribution in [2.45, 2.75) is 19.8 Å². The quantitative estimate of drug-likeness (QED) is 0.262. The number of nitrogens with zero attached hydrogens (tertiary/aromatic N) is 4. The molecule has 0 radical (unpaired) electrons. The molecule has 0 atom stereocenters. The van der Waals surface area contributed by atoms with E-state index in [1.807, 2.05) is 19.2 Å². The van der Waals surface area contributed by atoms with Crippen molar-refractivity contribution in [3.63, 3.8) is 0 Å². The number of allylic oxidation sites excluding steroid dienone is 1. The first kappa shape index (κ1) is 25.8. The minimum absolute atomic E-state index is 0.128. The van der Waals surface area contributed by atoms with Crippen LogP contribution in [0.1, 0.15) is 33.5 Å². The number of tetrazole rings is 1. The van der Waals surface area contributed by atoms with Crippen molar-refractivity contribution in [3.8, 4) is 11.4 Å². The number of aromatic amines is 1. The Kier molecular flexibility index (Phi) is 8.48. The lowest BCUT2D eigenvalue weighted by molar-refractivity contribution is 0.0954. The van der Waals surface area contributed by atoms with Crippen molar-refractivity contribution >= 4 is 29.9 Å². The molecule has 0 unspecified atom stereocenters. The fourth-order valence-electron chi connectivity index (χ4n) is 3.90. The largest absolute Gasteiger partial charge is 0.508 e. The average molecular weight is 515 g/mol. The van der Waals surface area contributed by atoms with Gasteiger partial charge in [0.1, 0.15) is 5.75 Å². The molecule has 0 bridgehead atoms. The topological polar surface area (TPSA) is 99.1 Å². The Morgan fingerprint density at radius 2 is 1.89 bits per heavy atom. The summed E-state index contributed by atoms with van der Waals surface area (Å²) in [6.45, 7) is 3.33. The molecule has 8 nitrogen and oxygen atoms in total. The van der Waals surface area contributed by atoms with E-state index in [-0.39, 0.29) is 11.7 Å². The zero-order valence-corrected chi connectivity index (χ0v) is 21.7. The molecule has 190 valence electrons. The summed E-state index contributed by atoms with van der Waals surface area (Å²) in [7, 11) is 2.03. The Balaban J connectivity index is 1.27. The number of amides is 1. The first-order valence-electron chi connectivity index (χ1n) is 12.1. The number of carbonyl (C=O) groups is 1. The Labute approximate surface area is 221 Å². The van der Waals surface area contributed by atoms with Gasteiger partial charge in [-0.1, -0.05) is 40.7 Å². The van der Waals surface area contributed by atoms with Crippen LogP contribution in [0.3, 0.4) is 0 Å². The number of aromatic nitrogens is 4. The molecule has 4 aromatic rings. The molecule has 4 rings (SSSR count). The first-order chi connectivity index (χ1) is 17.9. The smallest absolute Gasteiger partial charge is 0.251 e. The fourth-order valence-corrected chi connectivity index (χ4v) is 4.09. The van der Waals surface area contributed by atoms with Crippen molar-refractivity contribution in [1.29, 1.82) is 0 Å². The molecule has 37 heavy (non-hydrogen) atoms. The molecule has 0 aliphatic heterocycles. The molecule has 0 saturated heterocycles. The van der Waals surface area contributed by atoms with Gasteiger partial charge in [0.15, 0.2) is 0 Å². The van der Waals surface area contributed by atoms with E-state index in [0.717, 1.165) is 29.8 Å². The van der Waals surface area contributed by atoms with Gasteiger partial charge in [0.25, 0.3) is 5.91 Å². The summed E-state index contributed by atoms with van der Waals surface area (Å²) >= 11 is 5.10. The third-order valence-electron chi connectivity index (χ3n) is 6.15. The second kappa shape index (κ2) is 12.1. The molecule has 3 aromatic carbocycles. The summed E-state index contributed by atoms with van der Waals surface area (Å²) in [6, 6.07) is 20.8. The van der Waals surface area contributed by atoms with Gasteiger partial charge in [-0.05, 0) is 97.2 Å². The molecule has 0 fully saturated rings. The molecule has 0 aliphatic rings. The summed E-state index contributed by atoms with van der Waals surface area (Å²) < 4.78 is 1.89. The van der Waals surface area contributed by atoms with Gasteiger partial charge >= 0.3 is 0 Å². The van der Waals surface area contributed by atoms with Gasteiger partial charge in [0, 0.05) is 31.4 Å². The Hall–Kier alpha value is -4.24. The van der Waals surface area contributed by atoms with Gasteiger partial charge in [0.05, 0.1) is 5.69 Å². The lowest BCUT2D eigenvalue weighted by atomic mass is 10.0. The van der Waals surface area contributed by atoms with E-state index < -0.39 is 0 Å². The van der Waals surface area contributed by atoms with Crippen LogP contribution in [0.15, 0.2) is 72.8 Å². The maximum absolute atomic E-state index is 12.6. The van der Waals surface area contributed by atoms with E-state index in [0.29, 0.717) is 23.4 Å². The zero-order valence-electron chi connectivity index (χ0n) is 20.9. The predicted molar refractivity (Wildman–Crippen MR) is 149 cm³/mol. The van der Waals surface area contributed by atoms with Gasteiger partial charge in [0.2, 0.25) is 4.77 Å². The predicted octanol–water partition coefficient (Wildman–Crippen LogP) is 4.85. The summed E-state index contributed by atoms with van der Waals surface area (Å²) in [5.74, 6) is 0.147. The number of phenolic OH excluding ortho intramolecular Hbond substituents is 1. The van der Waals surface area contributed by atoms with E-state index in [1.165, 1.54) is 11.1 Å². The van der Waals surface area contributed by atoms with Crippen molar-refractivity contribution < 1.29 is 9.90 Å². The maximum atomic E-state index is 12.6. The molecule has 1 aromatic heterocycles. The highest BCUT2D eigenvalue weighted by molar-refractivity contribution is 7.71. The number of H-pyrrole nitrogens is 1. The number of nitrogens with one attached hydrogen (secondary N) is 2. The highest BCUT2D eigenvalue weighted by Gasteiger charge is 2.09. The molecule has 3 N–H and O–H groups in total. The molecule has 0 spiro atoms. The van der Waals surface area contributed by atoms with Gasteiger partial charge in [-0.2, -0.15) is 5.21 Å². The van der Waals surface area contributed by atoms with Crippen molar-refractivity contribution in [3.05, 3.63) is 99.8 Å². The summed E-state index contributed by atoms with van der Waals surface area (Å²) in [6.07, 6.45) is 6.09. The number of rotatable bonds is 10. The monoisotopic (exact) mass is 514 g/mol. The number of hydrogen-bond acceptors (Lipinski definition) is 6. The van der Waals surface area contributed by atoms with Crippen LogP contribution >= 0.6 is 12.2 Å². The van der Waals surface area contributed by atoms with Gasteiger partial charge < -0.3 is 15.3 Å². The standard InChI is InChI=1S/C28H30N6O2S/c1-20-7-12-25(19-23(20)6-4-3-5-21-8-15-26(35)16-9-21)33(2)18-17-29-27(36)22-10-13-24(14-11-22)34-28(37)30-31-32-34/h3,5,7-16,19,35H,4,6,17-18H2,1-2H3,(H,29,36)(H,30,32,37). The number of carbonyl (C=O) groups excluding carboxylic acids is 1. The molecular weight excluding hydrogens is 484 g/mol. The second-order valence-corrected chi connectivity index (χ2v) is 9.15. The molecular formula is C28H30N6O2S. The normalized spacial score (nSPS) is 11.1. The second-order valence-electron chi connectivity index (χ2n) is 8.79. The lowest BCUT2D eigenvalue weighted by Crippen LogP contribution is -2.33. The Morgan fingerprint density at radius 3 is 2.59 bits per heavy atom. The highest BCUT2D eigenvalue weighted by Crippen LogP contribution is 2.20. The van der Waals surface area contributed by atoms with E-state index >= 15 is 0 Å². The number of anilines is 1. The van der Waals surface area contributed by atoms with Crippen LogP contribution in [0.25, 0.3) is 11.8 Å². The van der Waals surface area contributed by atoms with Crippen molar-refractivity contribution in [2.75, 3.05) is 25.0 Å².